The van der Waals surface area contributed by atoms with E-state index in [9.17, 15) is 9.59 Å². The van der Waals surface area contributed by atoms with Crippen LogP contribution in [0.4, 0.5) is 0 Å². The van der Waals surface area contributed by atoms with Crippen LogP contribution < -0.4 is 5.32 Å². The molecule has 0 aliphatic carbocycles. The Hall–Kier alpha value is -1.36. The summed E-state index contributed by atoms with van der Waals surface area (Å²) in [6, 6.07) is 4.18. The molecule has 18 heavy (non-hydrogen) atoms. The van der Waals surface area contributed by atoms with Crippen molar-refractivity contribution in [3.8, 4) is 0 Å². The van der Waals surface area contributed by atoms with Crippen LogP contribution in [0.15, 0.2) is 17.5 Å². The van der Waals surface area contributed by atoms with Crippen molar-refractivity contribution < 1.29 is 14.7 Å². The highest BCUT2D eigenvalue weighted by Gasteiger charge is 2.08. The van der Waals surface area contributed by atoms with Crippen LogP contribution in [0.1, 0.15) is 37.5 Å². The lowest BCUT2D eigenvalue weighted by Gasteiger charge is -2.12. The van der Waals surface area contributed by atoms with E-state index in [4.69, 9.17) is 5.11 Å². The minimum absolute atomic E-state index is 0.00412. The maximum absolute atomic E-state index is 11.6. The number of amides is 1. The molecule has 4 nitrogen and oxygen atoms in total. The number of hydrogen-bond acceptors (Lipinski definition) is 3. The van der Waals surface area contributed by atoms with Gasteiger partial charge in [-0.15, -0.1) is 11.3 Å². The zero-order valence-electron chi connectivity index (χ0n) is 10.5. The largest absolute Gasteiger partial charge is 0.481 e. The molecule has 1 aromatic heterocycles. The number of carboxylic acids is 1. The number of unbranched alkanes of at least 4 members (excludes halogenated alkanes) is 1. The van der Waals surface area contributed by atoms with Crippen LogP contribution in [0, 0.1) is 0 Å². The van der Waals surface area contributed by atoms with E-state index >= 15 is 0 Å². The highest BCUT2D eigenvalue weighted by molar-refractivity contribution is 7.09. The fourth-order valence-corrected chi connectivity index (χ4v) is 2.53. The molecule has 0 aromatic carbocycles. The minimum Gasteiger partial charge on any atom is -0.481 e. The zero-order chi connectivity index (χ0) is 13.4. The van der Waals surface area contributed by atoms with Gasteiger partial charge in [0.25, 0.3) is 0 Å². The Kier molecular flexibility index (Phi) is 6.43. The highest BCUT2D eigenvalue weighted by Crippen LogP contribution is 2.11. The summed E-state index contributed by atoms with van der Waals surface area (Å²) in [6.45, 7) is 1.98. The Morgan fingerprint density at radius 2 is 2.11 bits per heavy atom. The molecule has 0 aliphatic heterocycles. The fraction of sp³-hybridized carbons (Fsp3) is 0.538. The number of hydrogen-bond donors (Lipinski definition) is 2. The lowest BCUT2D eigenvalue weighted by molar-refractivity contribution is -0.137. The maximum Gasteiger partial charge on any atom is 0.303 e. The van der Waals surface area contributed by atoms with Crippen LogP contribution in [-0.4, -0.2) is 23.0 Å². The summed E-state index contributed by atoms with van der Waals surface area (Å²) in [7, 11) is 0. The topological polar surface area (TPSA) is 66.4 Å². The van der Waals surface area contributed by atoms with E-state index in [1.807, 2.05) is 18.4 Å². The molecule has 1 unspecified atom stereocenters. The standard InChI is InChI=1S/C13H19NO3S/c1-10(9-11-5-4-8-18-11)14-12(15)6-2-3-7-13(16)17/h4-5,8,10H,2-3,6-7,9H2,1H3,(H,14,15)(H,16,17). The Bertz CT molecular complexity index is 376. The Labute approximate surface area is 111 Å². The maximum atomic E-state index is 11.6. The quantitative estimate of drug-likeness (QED) is 0.712. The third-order valence-corrected chi connectivity index (χ3v) is 3.44. The molecule has 1 heterocycles. The fourth-order valence-electron chi connectivity index (χ4n) is 1.69. The van der Waals surface area contributed by atoms with E-state index < -0.39 is 5.97 Å². The third-order valence-electron chi connectivity index (χ3n) is 2.54. The van der Waals surface area contributed by atoms with Gasteiger partial charge in [-0.3, -0.25) is 9.59 Å². The van der Waals surface area contributed by atoms with Gasteiger partial charge in [-0.25, -0.2) is 0 Å². The number of nitrogens with one attached hydrogen (secondary N) is 1. The van der Waals surface area contributed by atoms with E-state index in [0.29, 0.717) is 19.3 Å². The average molecular weight is 269 g/mol. The molecule has 0 radical (unpaired) electrons. The number of carbonyl (C=O) groups is 2. The van der Waals surface area contributed by atoms with Crippen molar-refractivity contribution in [3.05, 3.63) is 22.4 Å². The number of aliphatic carboxylic acids is 1. The second-order valence-corrected chi connectivity index (χ2v) is 5.39. The monoisotopic (exact) mass is 269 g/mol. The number of carboxylic acid groups (broad SMARTS) is 1. The molecule has 1 rings (SSSR count). The first kappa shape index (κ1) is 14.7. The molecule has 0 fully saturated rings. The summed E-state index contributed by atoms with van der Waals surface area (Å²) in [6.07, 6.45) is 2.57. The number of rotatable bonds is 8. The molecule has 2 N–H and O–H groups in total. The van der Waals surface area contributed by atoms with Gasteiger partial charge in [0.05, 0.1) is 0 Å². The lowest BCUT2D eigenvalue weighted by atomic mass is 10.1. The van der Waals surface area contributed by atoms with E-state index in [1.165, 1.54) is 4.88 Å². The van der Waals surface area contributed by atoms with Gasteiger partial charge in [0.15, 0.2) is 0 Å². The molecule has 0 saturated carbocycles. The van der Waals surface area contributed by atoms with Crippen molar-refractivity contribution in [3.63, 3.8) is 0 Å². The normalized spacial score (nSPS) is 12.1. The van der Waals surface area contributed by atoms with Crippen LogP contribution in [0.3, 0.4) is 0 Å². The molecular weight excluding hydrogens is 250 g/mol. The summed E-state index contributed by atoms with van der Waals surface area (Å²) in [5.74, 6) is -0.800. The predicted octanol–water partition coefficient (Wildman–Crippen LogP) is 2.44. The zero-order valence-corrected chi connectivity index (χ0v) is 11.3. The van der Waals surface area contributed by atoms with E-state index in [0.717, 1.165) is 6.42 Å². The van der Waals surface area contributed by atoms with E-state index in [1.54, 1.807) is 11.3 Å². The van der Waals surface area contributed by atoms with Gasteiger partial charge in [-0.2, -0.15) is 0 Å². The molecule has 0 bridgehead atoms. The van der Waals surface area contributed by atoms with Gasteiger partial charge in [-0.05, 0) is 31.2 Å². The van der Waals surface area contributed by atoms with Crippen molar-refractivity contribution in [2.45, 2.75) is 45.1 Å². The summed E-state index contributed by atoms with van der Waals surface area (Å²) in [4.78, 5) is 23.1. The van der Waals surface area contributed by atoms with Gasteiger partial charge in [0, 0.05) is 30.2 Å². The van der Waals surface area contributed by atoms with Gasteiger partial charge in [0.2, 0.25) is 5.91 Å². The number of thiophene rings is 1. The smallest absolute Gasteiger partial charge is 0.303 e. The lowest BCUT2D eigenvalue weighted by Crippen LogP contribution is -2.33. The molecule has 1 aromatic rings. The highest BCUT2D eigenvalue weighted by atomic mass is 32.1. The van der Waals surface area contributed by atoms with Crippen LogP contribution in [-0.2, 0) is 16.0 Å². The summed E-state index contributed by atoms with van der Waals surface area (Å²) >= 11 is 1.69. The first-order chi connectivity index (χ1) is 8.58. The van der Waals surface area contributed by atoms with Crippen LogP contribution in [0.2, 0.25) is 0 Å². The van der Waals surface area contributed by atoms with Gasteiger partial charge >= 0.3 is 5.97 Å². The van der Waals surface area contributed by atoms with Gasteiger partial charge in [-0.1, -0.05) is 6.07 Å². The summed E-state index contributed by atoms with van der Waals surface area (Å²) < 4.78 is 0. The van der Waals surface area contributed by atoms with E-state index in [-0.39, 0.29) is 18.4 Å². The summed E-state index contributed by atoms with van der Waals surface area (Å²) in [5.41, 5.74) is 0. The molecule has 0 saturated heterocycles. The second-order valence-electron chi connectivity index (χ2n) is 4.35. The molecule has 0 spiro atoms. The van der Waals surface area contributed by atoms with Crippen molar-refractivity contribution in [2.24, 2.45) is 0 Å². The first-order valence-corrected chi connectivity index (χ1v) is 6.99. The Morgan fingerprint density at radius 3 is 2.72 bits per heavy atom. The van der Waals surface area contributed by atoms with Crippen molar-refractivity contribution in [1.29, 1.82) is 0 Å². The molecule has 1 atom stereocenters. The van der Waals surface area contributed by atoms with Crippen molar-refractivity contribution in [2.75, 3.05) is 0 Å². The second kappa shape index (κ2) is 7.87. The third kappa shape index (κ3) is 6.39. The SMILES string of the molecule is CC(Cc1cccs1)NC(=O)CCCCC(=O)O. The molecule has 100 valence electrons. The van der Waals surface area contributed by atoms with Gasteiger partial charge < -0.3 is 10.4 Å². The van der Waals surface area contributed by atoms with Crippen LogP contribution >= 0.6 is 11.3 Å². The first-order valence-electron chi connectivity index (χ1n) is 6.11. The summed E-state index contributed by atoms with van der Waals surface area (Å²) in [5, 5.41) is 13.4. The minimum atomic E-state index is -0.804. The predicted molar refractivity (Wildman–Crippen MR) is 71.7 cm³/mol. The van der Waals surface area contributed by atoms with E-state index in [2.05, 4.69) is 11.4 Å². The molecule has 5 heteroatoms. The Morgan fingerprint density at radius 1 is 1.39 bits per heavy atom. The average Bonchev–Trinajstić information content (AvgIpc) is 2.76. The van der Waals surface area contributed by atoms with Crippen molar-refractivity contribution in [1.82, 2.24) is 5.32 Å². The van der Waals surface area contributed by atoms with Gasteiger partial charge in [0.1, 0.15) is 0 Å². The molecule has 1 amide bonds. The van der Waals surface area contributed by atoms with Crippen molar-refractivity contribution >= 4 is 23.2 Å². The molecule has 0 aliphatic rings. The molecular formula is C13H19NO3S. The number of carbonyl (C=O) groups excluding carboxylic acids is 1. The van der Waals surface area contributed by atoms with Crippen LogP contribution in [0.25, 0.3) is 0 Å². The van der Waals surface area contributed by atoms with Crippen LogP contribution in [0.5, 0.6) is 0 Å². The Balaban J connectivity index is 2.13.